The van der Waals surface area contributed by atoms with Gasteiger partial charge in [0.2, 0.25) is 0 Å². The van der Waals surface area contributed by atoms with Crippen molar-refractivity contribution in [3.63, 3.8) is 0 Å². The first kappa shape index (κ1) is 23.5. The quantitative estimate of drug-likeness (QED) is 0.213. The van der Waals surface area contributed by atoms with Crippen LogP contribution in [0, 0.1) is 0 Å². The van der Waals surface area contributed by atoms with E-state index in [1.165, 1.54) is 52.8 Å². The van der Waals surface area contributed by atoms with Crippen molar-refractivity contribution in [2.24, 2.45) is 0 Å². The van der Waals surface area contributed by atoms with Crippen molar-refractivity contribution in [3.05, 3.63) is 146 Å². The minimum Gasteiger partial charge on any atom is -0.294 e. The van der Waals surface area contributed by atoms with Crippen LogP contribution in [0.4, 0.5) is 0 Å². The number of hydrogen-bond acceptors (Lipinski definition) is 2. The molecule has 3 heteroatoms. The van der Waals surface area contributed by atoms with Gasteiger partial charge >= 0.3 is 0 Å². The summed E-state index contributed by atoms with van der Waals surface area (Å²) in [5.41, 5.74) is 6.90. The number of aromatic nitrogens is 2. The van der Waals surface area contributed by atoms with Crippen LogP contribution in [0.1, 0.15) is 0 Å². The molecule has 0 radical (unpaired) electrons. The standard InChI is InChI=1S/C39H24N2S/c1-2-11-28-25(9-1)10-7-14-29(28)34-15-8-18-39(40-34)41-35-16-5-3-12-30(35)32-23-26(19-21-36(32)41)27-20-22-38-33(24-27)31-13-4-6-17-37(31)42-38/h1-24H. The Hall–Kier alpha value is -5.25. The molecule has 9 aromatic rings. The normalized spacial score (nSPS) is 11.8. The zero-order valence-electron chi connectivity index (χ0n) is 22.7. The van der Waals surface area contributed by atoms with E-state index in [1.807, 2.05) is 11.3 Å². The van der Waals surface area contributed by atoms with E-state index < -0.39 is 0 Å². The second-order valence-electron chi connectivity index (χ2n) is 10.8. The Morgan fingerprint density at radius 3 is 2.05 bits per heavy atom. The summed E-state index contributed by atoms with van der Waals surface area (Å²) in [4.78, 5) is 5.24. The van der Waals surface area contributed by atoms with Crippen molar-refractivity contribution >= 4 is 64.1 Å². The topological polar surface area (TPSA) is 17.8 Å². The maximum absolute atomic E-state index is 5.24. The van der Waals surface area contributed by atoms with Crippen molar-refractivity contribution in [1.29, 1.82) is 0 Å². The van der Waals surface area contributed by atoms with E-state index >= 15 is 0 Å². The zero-order valence-corrected chi connectivity index (χ0v) is 23.5. The first-order valence-electron chi connectivity index (χ1n) is 14.2. The lowest BCUT2D eigenvalue weighted by Gasteiger charge is -2.11. The van der Waals surface area contributed by atoms with Crippen molar-refractivity contribution in [3.8, 4) is 28.2 Å². The van der Waals surface area contributed by atoms with E-state index in [9.17, 15) is 0 Å². The van der Waals surface area contributed by atoms with E-state index in [0.717, 1.165) is 28.1 Å². The van der Waals surface area contributed by atoms with Crippen LogP contribution in [0.15, 0.2) is 146 Å². The third-order valence-electron chi connectivity index (χ3n) is 8.41. The molecule has 3 aromatic heterocycles. The van der Waals surface area contributed by atoms with Crippen LogP contribution in [-0.4, -0.2) is 9.55 Å². The summed E-state index contributed by atoms with van der Waals surface area (Å²) in [6.45, 7) is 0. The maximum atomic E-state index is 5.24. The minimum absolute atomic E-state index is 0.922. The van der Waals surface area contributed by atoms with E-state index in [1.54, 1.807) is 0 Å². The van der Waals surface area contributed by atoms with Gasteiger partial charge in [-0.2, -0.15) is 0 Å². The molecule has 6 aromatic carbocycles. The molecule has 0 spiro atoms. The summed E-state index contributed by atoms with van der Waals surface area (Å²) >= 11 is 1.86. The smallest absolute Gasteiger partial charge is 0.138 e. The molecule has 0 aliphatic carbocycles. The van der Waals surface area contributed by atoms with Crippen LogP contribution in [0.2, 0.25) is 0 Å². The van der Waals surface area contributed by atoms with Crippen molar-refractivity contribution in [2.45, 2.75) is 0 Å². The van der Waals surface area contributed by atoms with Crippen LogP contribution in [0.3, 0.4) is 0 Å². The Bertz CT molecular complexity index is 2470. The Kier molecular flexibility index (Phi) is 5.10. The molecule has 0 atom stereocenters. The average Bonchev–Trinajstić information content (AvgIpc) is 3.59. The van der Waals surface area contributed by atoms with Gasteiger partial charge in [0.05, 0.1) is 16.7 Å². The monoisotopic (exact) mass is 552 g/mol. The van der Waals surface area contributed by atoms with E-state index in [2.05, 4.69) is 150 Å². The molecule has 0 aliphatic heterocycles. The van der Waals surface area contributed by atoms with Gasteiger partial charge in [-0.15, -0.1) is 11.3 Å². The van der Waals surface area contributed by atoms with Crippen molar-refractivity contribution in [1.82, 2.24) is 9.55 Å². The zero-order chi connectivity index (χ0) is 27.6. The second kappa shape index (κ2) is 9.13. The lowest BCUT2D eigenvalue weighted by Crippen LogP contribution is -1.98. The molecule has 0 amide bonds. The molecule has 0 unspecified atom stereocenters. The van der Waals surface area contributed by atoms with Gasteiger partial charge in [0.25, 0.3) is 0 Å². The summed E-state index contributed by atoms with van der Waals surface area (Å²) < 4.78 is 4.97. The predicted molar refractivity (Wildman–Crippen MR) is 180 cm³/mol. The van der Waals surface area contributed by atoms with Crippen LogP contribution in [-0.2, 0) is 0 Å². The molecule has 9 rings (SSSR count). The summed E-state index contributed by atoms with van der Waals surface area (Å²) in [6.07, 6.45) is 0. The number of fused-ring (bicyclic) bond motifs is 7. The lowest BCUT2D eigenvalue weighted by atomic mass is 10.0. The van der Waals surface area contributed by atoms with Gasteiger partial charge in [0.15, 0.2) is 0 Å². The van der Waals surface area contributed by atoms with Gasteiger partial charge in [-0.3, -0.25) is 4.57 Å². The van der Waals surface area contributed by atoms with Gasteiger partial charge < -0.3 is 0 Å². The Morgan fingerprint density at radius 2 is 1.12 bits per heavy atom. The van der Waals surface area contributed by atoms with Gasteiger partial charge in [-0.1, -0.05) is 97.1 Å². The first-order valence-corrected chi connectivity index (χ1v) is 15.0. The van der Waals surface area contributed by atoms with E-state index in [-0.39, 0.29) is 0 Å². The van der Waals surface area contributed by atoms with E-state index in [0.29, 0.717) is 0 Å². The molecule has 2 nitrogen and oxygen atoms in total. The third-order valence-corrected chi connectivity index (χ3v) is 9.56. The number of hydrogen-bond donors (Lipinski definition) is 0. The fraction of sp³-hybridized carbons (Fsp3) is 0. The highest BCUT2D eigenvalue weighted by molar-refractivity contribution is 7.25. The van der Waals surface area contributed by atoms with Gasteiger partial charge in [-0.05, 0) is 70.4 Å². The SMILES string of the molecule is c1cc(-c2cccc3ccccc23)nc(-n2c3ccccc3c3cc(-c4ccc5sc6ccccc6c5c4)ccc32)c1. The first-order chi connectivity index (χ1) is 20.8. The number of thiophene rings is 1. The Labute approximate surface area is 246 Å². The molecule has 0 saturated heterocycles. The highest BCUT2D eigenvalue weighted by Gasteiger charge is 2.15. The van der Waals surface area contributed by atoms with Crippen LogP contribution in [0.5, 0.6) is 0 Å². The Balaban J connectivity index is 1.23. The molecule has 3 heterocycles. The number of para-hydroxylation sites is 1. The number of rotatable bonds is 3. The molecule has 0 N–H and O–H groups in total. The van der Waals surface area contributed by atoms with Crippen molar-refractivity contribution in [2.75, 3.05) is 0 Å². The lowest BCUT2D eigenvalue weighted by molar-refractivity contribution is 1.08. The molecular formula is C39H24N2S. The number of benzene rings is 6. The van der Waals surface area contributed by atoms with Crippen LogP contribution < -0.4 is 0 Å². The fourth-order valence-electron chi connectivity index (χ4n) is 6.45. The molecule has 0 aliphatic rings. The summed E-state index contributed by atoms with van der Waals surface area (Å²) in [5, 5.41) is 7.55. The summed E-state index contributed by atoms with van der Waals surface area (Å²) in [6, 6.07) is 52.4. The third kappa shape index (κ3) is 3.54. The summed E-state index contributed by atoms with van der Waals surface area (Å²) in [5.74, 6) is 0.922. The largest absolute Gasteiger partial charge is 0.294 e. The number of pyridine rings is 1. The molecule has 0 fully saturated rings. The number of nitrogens with zero attached hydrogens (tertiary/aromatic N) is 2. The Morgan fingerprint density at radius 1 is 0.452 bits per heavy atom. The summed E-state index contributed by atoms with van der Waals surface area (Å²) in [7, 11) is 0. The fourth-order valence-corrected chi connectivity index (χ4v) is 7.54. The average molecular weight is 553 g/mol. The van der Waals surface area contributed by atoms with Crippen LogP contribution in [0.25, 0.3) is 81.0 Å². The van der Waals surface area contributed by atoms with Crippen molar-refractivity contribution < 1.29 is 0 Å². The minimum atomic E-state index is 0.922. The molecule has 0 bridgehead atoms. The van der Waals surface area contributed by atoms with Gasteiger partial charge in [0, 0.05) is 36.5 Å². The van der Waals surface area contributed by atoms with Crippen LogP contribution >= 0.6 is 11.3 Å². The maximum Gasteiger partial charge on any atom is 0.138 e. The molecule has 0 saturated carbocycles. The highest BCUT2D eigenvalue weighted by atomic mass is 32.1. The molecular weight excluding hydrogens is 529 g/mol. The molecule has 196 valence electrons. The van der Waals surface area contributed by atoms with E-state index in [4.69, 9.17) is 4.98 Å². The predicted octanol–water partition coefficient (Wildman–Crippen LogP) is 11.0. The van der Waals surface area contributed by atoms with Gasteiger partial charge in [-0.25, -0.2) is 4.98 Å². The second-order valence-corrected chi connectivity index (χ2v) is 11.9. The molecule has 42 heavy (non-hydrogen) atoms. The highest BCUT2D eigenvalue weighted by Crippen LogP contribution is 2.39. The van der Waals surface area contributed by atoms with Gasteiger partial charge in [0.1, 0.15) is 5.82 Å².